The first-order valence-corrected chi connectivity index (χ1v) is 7.00. The molecule has 18 heavy (non-hydrogen) atoms. The highest BCUT2D eigenvalue weighted by Gasteiger charge is 2.25. The van der Waals surface area contributed by atoms with E-state index in [1.165, 1.54) is 0 Å². The number of halogens is 1. The SMILES string of the molecule is Cc1nn(CC2CCC(CNC(C)C)O2)cc1Cl. The average molecular weight is 272 g/mol. The van der Waals surface area contributed by atoms with Crippen LogP contribution < -0.4 is 5.32 Å². The molecule has 1 saturated heterocycles. The van der Waals surface area contributed by atoms with Crippen LogP contribution in [0.3, 0.4) is 0 Å². The van der Waals surface area contributed by atoms with Gasteiger partial charge in [0.05, 0.1) is 29.5 Å². The van der Waals surface area contributed by atoms with Gasteiger partial charge in [-0.2, -0.15) is 5.10 Å². The maximum Gasteiger partial charge on any atom is 0.0814 e. The van der Waals surface area contributed by atoms with E-state index in [-0.39, 0.29) is 6.10 Å². The van der Waals surface area contributed by atoms with Crippen LogP contribution >= 0.6 is 11.6 Å². The lowest BCUT2D eigenvalue weighted by molar-refractivity contribution is 0.0333. The molecule has 0 saturated carbocycles. The number of aryl methyl sites for hydroxylation is 1. The van der Waals surface area contributed by atoms with Crippen LogP contribution in [-0.2, 0) is 11.3 Å². The van der Waals surface area contributed by atoms with Gasteiger partial charge in [-0.05, 0) is 19.8 Å². The van der Waals surface area contributed by atoms with E-state index < -0.39 is 0 Å². The molecule has 2 unspecified atom stereocenters. The number of nitrogens with zero attached hydrogens (tertiary/aromatic N) is 2. The summed E-state index contributed by atoms with van der Waals surface area (Å²) in [5, 5.41) is 8.51. The molecular formula is C13H22ClN3O. The number of aromatic nitrogens is 2. The van der Waals surface area contributed by atoms with Crippen LogP contribution in [0.4, 0.5) is 0 Å². The molecule has 1 aliphatic heterocycles. The van der Waals surface area contributed by atoms with E-state index in [9.17, 15) is 0 Å². The molecule has 0 radical (unpaired) electrons. The largest absolute Gasteiger partial charge is 0.372 e. The van der Waals surface area contributed by atoms with E-state index in [4.69, 9.17) is 16.3 Å². The molecule has 5 heteroatoms. The zero-order chi connectivity index (χ0) is 13.1. The fraction of sp³-hybridized carbons (Fsp3) is 0.769. The first-order chi connectivity index (χ1) is 8.54. The molecule has 102 valence electrons. The molecule has 0 bridgehead atoms. The topological polar surface area (TPSA) is 39.1 Å². The summed E-state index contributed by atoms with van der Waals surface area (Å²) in [5.41, 5.74) is 0.882. The van der Waals surface area contributed by atoms with Crippen molar-refractivity contribution in [2.24, 2.45) is 0 Å². The standard InChI is InChI=1S/C13H22ClN3O/c1-9(2)15-6-11-4-5-12(18-11)7-17-8-13(14)10(3)16-17/h8-9,11-12,15H,4-7H2,1-3H3. The predicted molar refractivity (Wildman–Crippen MR) is 73.0 cm³/mol. The highest BCUT2D eigenvalue weighted by atomic mass is 35.5. The minimum absolute atomic E-state index is 0.263. The van der Waals surface area contributed by atoms with Gasteiger partial charge < -0.3 is 10.1 Å². The number of rotatable bonds is 5. The van der Waals surface area contributed by atoms with Crippen molar-refractivity contribution in [1.29, 1.82) is 0 Å². The lowest BCUT2D eigenvalue weighted by Crippen LogP contribution is -2.32. The minimum atomic E-state index is 0.263. The van der Waals surface area contributed by atoms with Gasteiger partial charge in [0.25, 0.3) is 0 Å². The normalized spacial score (nSPS) is 24.1. The molecule has 1 aromatic rings. The minimum Gasteiger partial charge on any atom is -0.372 e. The molecule has 2 atom stereocenters. The summed E-state index contributed by atoms with van der Waals surface area (Å²) in [6.45, 7) is 7.96. The molecule has 1 aromatic heterocycles. The summed E-state index contributed by atoms with van der Waals surface area (Å²) in [4.78, 5) is 0. The molecular weight excluding hydrogens is 250 g/mol. The third-order valence-electron chi connectivity index (χ3n) is 3.23. The molecule has 0 amide bonds. The molecule has 2 heterocycles. The molecule has 4 nitrogen and oxygen atoms in total. The Morgan fingerprint density at radius 3 is 2.83 bits per heavy atom. The summed E-state index contributed by atoms with van der Waals surface area (Å²) >= 11 is 5.99. The summed E-state index contributed by atoms with van der Waals surface area (Å²) in [6.07, 6.45) is 4.70. The maximum absolute atomic E-state index is 6.00. The van der Waals surface area contributed by atoms with E-state index in [1.807, 2.05) is 17.8 Å². The molecule has 1 N–H and O–H groups in total. The van der Waals surface area contributed by atoms with Crippen LogP contribution in [0.15, 0.2) is 6.20 Å². The van der Waals surface area contributed by atoms with Crippen LogP contribution in [0.2, 0.25) is 5.02 Å². The van der Waals surface area contributed by atoms with Gasteiger partial charge in [-0.1, -0.05) is 25.4 Å². The van der Waals surface area contributed by atoms with Gasteiger partial charge in [0.15, 0.2) is 0 Å². The number of hydrogen-bond donors (Lipinski definition) is 1. The average Bonchev–Trinajstić information content (AvgIpc) is 2.85. The highest BCUT2D eigenvalue weighted by molar-refractivity contribution is 6.31. The fourth-order valence-corrected chi connectivity index (χ4v) is 2.38. The van der Waals surface area contributed by atoms with Gasteiger partial charge in [-0.3, -0.25) is 4.68 Å². The monoisotopic (exact) mass is 271 g/mol. The molecule has 2 rings (SSSR count). The second-order valence-corrected chi connectivity index (χ2v) is 5.71. The molecule has 1 fully saturated rings. The summed E-state index contributed by atoms with van der Waals surface area (Å²) in [5.74, 6) is 0. The van der Waals surface area contributed by atoms with Crippen molar-refractivity contribution in [3.63, 3.8) is 0 Å². The molecule has 0 aromatic carbocycles. The Hall–Kier alpha value is -0.580. The Morgan fingerprint density at radius 1 is 1.50 bits per heavy atom. The summed E-state index contributed by atoms with van der Waals surface area (Å²) in [7, 11) is 0. The van der Waals surface area contributed by atoms with E-state index >= 15 is 0 Å². The van der Waals surface area contributed by atoms with Crippen molar-refractivity contribution in [3.05, 3.63) is 16.9 Å². The quantitative estimate of drug-likeness (QED) is 0.894. The number of ether oxygens (including phenoxy) is 1. The van der Waals surface area contributed by atoms with Gasteiger partial charge in [-0.25, -0.2) is 0 Å². The third-order valence-corrected chi connectivity index (χ3v) is 3.60. The Kier molecular flexibility index (Phi) is 4.65. The van der Waals surface area contributed by atoms with Crippen LogP contribution in [0.5, 0.6) is 0 Å². The zero-order valence-corrected chi connectivity index (χ0v) is 12.1. The van der Waals surface area contributed by atoms with E-state index in [2.05, 4.69) is 24.3 Å². The first-order valence-electron chi connectivity index (χ1n) is 6.63. The van der Waals surface area contributed by atoms with Crippen molar-refractivity contribution in [2.45, 2.75) is 58.4 Å². The van der Waals surface area contributed by atoms with Gasteiger partial charge in [0.1, 0.15) is 0 Å². The van der Waals surface area contributed by atoms with E-state index in [1.54, 1.807) is 0 Å². The second-order valence-electron chi connectivity index (χ2n) is 5.30. The molecule has 1 aliphatic rings. The third kappa shape index (κ3) is 3.70. The van der Waals surface area contributed by atoms with E-state index in [0.29, 0.717) is 12.1 Å². The first kappa shape index (κ1) is 13.8. The van der Waals surface area contributed by atoms with Crippen molar-refractivity contribution >= 4 is 11.6 Å². The van der Waals surface area contributed by atoms with Crippen LogP contribution in [0, 0.1) is 6.92 Å². The lowest BCUT2D eigenvalue weighted by atomic mass is 10.2. The Balaban J connectivity index is 1.79. The smallest absolute Gasteiger partial charge is 0.0814 e. The van der Waals surface area contributed by atoms with Crippen molar-refractivity contribution in [2.75, 3.05) is 6.54 Å². The highest BCUT2D eigenvalue weighted by Crippen LogP contribution is 2.21. The van der Waals surface area contributed by atoms with Gasteiger partial charge in [0.2, 0.25) is 0 Å². The second kappa shape index (κ2) is 6.04. The Bertz CT molecular complexity index is 372. The fourth-order valence-electron chi connectivity index (χ4n) is 2.23. The van der Waals surface area contributed by atoms with Crippen molar-refractivity contribution in [3.8, 4) is 0 Å². The summed E-state index contributed by atoms with van der Waals surface area (Å²) in [6, 6.07) is 0.514. The maximum atomic E-state index is 6.00. The molecule has 0 spiro atoms. The lowest BCUT2D eigenvalue weighted by Gasteiger charge is -2.16. The van der Waals surface area contributed by atoms with Crippen molar-refractivity contribution in [1.82, 2.24) is 15.1 Å². The van der Waals surface area contributed by atoms with Gasteiger partial charge in [-0.15, -0.1) is 0 Å². The van der Waals surface area contributed by atoms with Crippen LogP contribution in [0.25, 0.3) is 0 Å². The van der Waals surface area contributed by atoms with Gasteiger partial charge >= 0.3 is 0 Å². The van der Waals surface area contributed by atoms with E-state index in [0.717, 1.165) is 36.6 Å². The van der Waals surface area contributed by atoms with Crippen LogP contribution in [-0.4, -0.2) is 34.6 Å². The van der Waals surface area contributed by atoms with Crippen LogP contribution in [0.1, 0.15) is 32.4 Å². The predicted octanol–water partition coefficient (Wildman–Crippen LogP) is 2.39. The Morgan fingerprint density at radius 2 is 2.22 bits per heavy atom. The zero-order valence-electron chi connectivity index (χ0n) is 11.3. The number of hydrogen-bond acceptors (Lipinski definition) is 3. The van der Waals surface area contributed by atoms with Crippen molar-refractivity contribution < 1.29 is 4.74 Å². The molecule has 0 aliphatic carbocycles. The van der Waals surface area contributed by atoms with Gasteiger partial charge in [0, 0.05) is 18.8 Å². The Labute approximate surface area is 114 Å². The number of nitrogens with one attached hydrogen (secondary N) is 1. The summed E-state index contributed by atoms with van der Waals surface area (Å²) < 4.78 is 7.89.